The third kappa shape index (κ3) is 3.45. The first-order valence-corrected chi connectivity index (χ1v) is 8.93. The molecule has 4 nitrogen and oxygen atoms in total. The first-order chi connectivity index (χ1) is 14.3. The maximum atomic E-state index is 13.9. The monoisotopic (exact) mass is 418 g/mol. The molecule has 0 saturated heterocycles. The van der Waals surface area contributed by atoms with Crippen LogP contribution in [0.3, 0.4) is 0 Å². The highest BCUT2D eigenvalue weighted by atomic mass is 19.1. The summed E-state index contributed by atoms with van der Waals surface area (Å²) in [6, 6.07) is 9.15. The van der Waals surface area contributed by atoms with Crippen LogP contribution < -0.4 is 9.47 Å². The maximum Gasteiger partial charge on any atom is 0.338 e. The molecule has 0 aromatic heterocycles. The van der Waals surface area contributed by atoms with E-state index in [4.69, 9.17) is 14.2 Å². The zero-order chi connectivity index (χ0) is 21.5. The number of hydrogen-bond donors (Lipinski definition) is 0. The molecular formula is C22H14F4O4. The van der Waals surface area contributed by atoms with Crippen molar-refractivity contribution in [3.8, 4) is 11.5 Å². The van der Waals surface area contributed by atoms with Crippen LogP contribution in [-0.2, 0) is 10.5 Å². The lowest BCUT2D eigenvalue weighted by molar-refractivity contribution is -0.0468. The number of benzene rings is 3. The highest BCUT2D eigenvalue weighted by Crippen LogP contribution is 2.48. The number of carbonyl (C=O) groups excluding carboxylic acids is 1. The van der Waals surface area contributed by atoms with Crippen LogP contribution >= 0.6 is 0 Å². The van der Waals surface area contributed by atoms with Crippen LogP contribution in [0.15, 0.2) is 54.6 Å². The summed E-state index contributed by atoms with van der Waals surface area (Å²) in [7, 11) is 0. The van der Waals surface area contributed by atoms with Crippen molar-refractivity contribution in [2.45, 2.75) is 12.7 Å². The van der Waals surface area contributed by atoms with Gasteiger partial charge >= 0.3 is 11.8 Å². The zero-order valence-corrected chi connectivity index (χ0v) is 15.5. The van der Waals surface area contributed by atoms with E-state index in [1.807, 2.05) is 0 Å². The molecule has 30 heavy (non-hydrogen) atoms. The Labute approximate surface area is 168 Å². The molecule has 0 atom stereocenters. The molecule has 0 bridgehead atoms. The van der Waals surface area contributed by atoms with Gasteiger partial charge in [0, 0.05) is 23.3 Å². The first-order valence-electron chi connectivity index (χ1n) is 8.93. The van der Waals surface area contributed by atoms with E-state index in [0.717, 1.165) is 24.3 Å². The summed E-state index contributed by atoms with van der Waals surface area (Å²) < 4.78 is 72.4. The van der Waals surface area contributed by atoms with Gasteiger partial charge in [0.1, 0.15) is 23.3 Å². The lowest BCUT2D eigenvalue weighted by Crippen LogP contribution is -2.37. The Balaban J connectivity index is 1.88. The van der Waals surface area contributed by atoms with E-state index in [2.05, 4.69) is 0 Å². The summed E-state index contributed by atoms with van der Waals surface area (Å²) in [5.74, 6) is -6.29. The number of fused-ring (bicyclic) bond motifs is 1. The van der Waals surface area contributed by atoms with Gasteiger partial charge in [-0.05, 0) is 49.4 Å². The van der Waals surface area contributed by atoms with Crippen molar-refractivity contribution >= 4 is 5.97 Å². The number of esters is 1. The van der Waals surface area contributed by atoms with E-state index in [0.29, 0.717) is 12.1 Å². The molecule has 0 fully saturated rings. The Morgan fingerprint density at radius 1 is 0.800 bits per heavy atom. The smallest absolute Gasteiger partial charge is 0.338 e. The predicted octanol–water partition coefficient (Wildman–Crippen LogP) is 5.09. The van der Waals surface area contributed by atoms with E-state index in [-0.39, 0.29) is 34.8 Å². The Hall–Kier alpha value is -3.55. The second-order valence-corrected chi connectivity index (χ2v) is 6.52. The average molecular weight is 418 g/mol. The molecule has 1 aliphatic rings. The number of hydrogen-bond acceptors (Lipinski definition) is 4. The first kappa shape index (κ1) is 19.8. The molecular weight excluding hydrogens is 404 g/mol. The Morgan fingerprint density at radius 2 is 1.30 bits per heavy atom. The summed E-state index contributed by atoms with van der Waals surface area (Å²) in [6.07, 6.45) is 0. The lowest BCUT2D eigenvalue weighted by Gasteiger charge is -2.28. The molecule has 0 amide bonds. The van der Waals surface area contributed by atoms with Crippen molar-refractivity contribution in [2.75, 3.05) is 6.61 Å². The second-order valence-electron chi connectivity index (χ2n) is 6.52. The van der Waals surface area contributed by atoms with Gasteiger partial charge in [-0.25, -0.2) is 22.4 Å². The van der Waals surface area contributed by atoms with Gasteiger partial charge < -0.3 is 14.2 Å². The van der Waals surface area contributed by atoms with E-state index < -0.39 is 35.0 Å². The van der Waals surface area contributed by atoms with Crippen LogP contribution in [0.4, 0.5) is 17.6 Å². The third-order valence-corrected chi connectivity index (χ3v) is 4.45. The number of carbonyl (C=O) groups is 1. The Bertz CT molecular complexity index is 1050. The zero-order valence-electron chi connectivity index (χ0n) is 15.5. The predicted molar refractivity (Wildman–Crippen MR) is 97.2 cm³/mol. The van der Waals surface area contributed by atoms with Crippen molar-refractivity contribution in [1.82, 2.24) is 0 Å². The van der Waals surface area contributed by atoms with Crippen LogP contribution in [-0.4, -0.2) is 12.6 Å². The Kier molecular flexibility index (Phi) is 4.85. The van der Waals surface area contributed by atoms with Gasteiger partial charge in [-0.15, -0.1) is 0 Å². The summed E-state index contributed by atoms with van der Waals surface area (Å²) in [6.45, 7) is 1.80. The minimum Gasteiger partial charge on any atom is -0.462 e. The van der Waals surface area contributed by atoms with Crippen molar-refractivity contribution in [2.24, 2.45) is 0 Å². The van der Waals surface area contributed by atoms with Crippen LogP contribution in [0.5, 0.6) is 11.5 Å². The topological polar surface area (TPSA) is 44.8 Å². The molecule has 1 heterocycles. The molecule has 8 heteroatoms. The quantitative estimate of drug-likeness (QED) is 0.437. The highest BCUT2D eigenvalue weighted by Gasteiger charge is 2.47. The molecule has 0 N–H and O–H groups in total. The van der Waals surface area contributed by atoms with E-state index in [1.165, 1.54) is 18.2 Å². The Morgan fingerprint density at radius 3 is 1.80 bits per heavy atom. The highest BCUT2D eigenvalue weighted by molar-refractivity contribution is 5.90. The minimum atomic E-state index is -2.08. The normalized spacial score (nSPS) is 13.9. The summed E-state index contributed by atoms with van der Waals surface area (Å²) >= 11 is 0. The van der Waals surface area contributed by atoms with Crippen molar-refractivity contribution < 1.29 is 36.6 Å². The van der Waals surface area contributed by atoms with Gasteiger partial charge in [-0.1, -0.05) is 0 Å². The summed E-state index contributed by atoms with van der Waals surface area (Å²) in [5, 5.41) is 0. The van der Waals surface area contributed by atoms with Gasteiger partial charge in [-0.3, -0.25) is 0 Å². The molecule has 1 aliphatic heterocycles. The number of halogens is 4. The van der Waals surface area contributed by atoms with Crippen LogP contribution in [0.25, 0.3) is 0 Å². The fourth-order valence-corrected chi connectivity index (χ4v) is 3.23. The molecule has 154 valence electrons. The largest absolute Gasteiger partial charge is 0.462 e. The van der Waals surface area contributed by atoms with Crippen LogP contribution in [0, 0.1) is 23.3 Å². The van der Waals surface area contributed by atoms with E-state index >= 15 is 0 Å². The van der Waals surface area contributed by atoms with Crippen LogP contribution in [0.1, 0.15) is 28.4 Å². The third-order valence-electron chi connectivity index (χ3n) is 4.45. The molecule has 4 rings (SSSR count). The molecule has 0 radical (unpaired) electrons. The summed E-state index contributed by atoms with van der Waals surface area (Å²) in [5.41, 5.74) is -0.191. The minimum absolute atomic E-state index is 0.0369. The molecule has 3 aromatic rings. The van der Waals surface area contributed by atoms with Crippen molar-refractivity contribution in [1.29, 1.82) is 0 Å². The number of ether oxygens (including phenoxy) is 3. The van der Waals surface area contributed by atoms with Gasteiger partial charge in [0.15, 0.2) is 11.5 Å². The molecule has 3 aromatic carbocycles. The summed E-state index contributed by atoms with van der Waals surface area (Å²) in [4.78, 5) is 12.0. The standard InChI is InChI=1S/C22H14F4O4/c1-2-28-21(27)12-3-4-19-20(5-12)30-22(29-19,13-6-15(23)10-16(24)7-13)14-8-17(25)11-18(26)9-14/h3-11H,2H2,1H3. The lowest BCUT2D eigenvalue weighted by atomic mass is 9.96. The average Bonchev–Trinajstić information content (AvgIpc) is 3.07. The molecule has 0 aliphatic carbocycles. The fraction of sp³-hybridized carbons (Fsp3) is 0.136. The van der Waals surface area contributed by atoms with Gasteiger partial charge in [-0.2, -0.15) is 0 Å². The van der Waals surface area contributed by atoms with Crippen molar-refractivity contribution in [3.05, 3.63) is 94.6 Å². The molecule has 0 spiro atoms. The molecule has 0 saturated carbocycles. The van der Waals surface area contributed by atoms with E-state index in [1.54, 1.807) is 6.92 Å². The number of rotatable bonds is 4. The van der Waals surface area contributed by atoms with Gasteiger partial charge in [0.2, 0.25) is 0 Å². The fourth-order valence-electron chi connectivity index (χ4n) is 3.23. The van der Waals surface area contributed by atoms with Crippen LogP contribution in [0.2, 0.25) is 0 Å². The van der Waals surface area contributed by atoms with Gasteiger partial charge in [0.25, 0.3) is 0 Å². The SMILES string of the molecule is CCOC(=O)c1ccc2c(c1)OC(c1cc(F)cc(F)c1)(c1cc(F)cc(F)c1)O2. The van der Waals surface area contributed by atoms with E-state index in [9.17, 15) is 22.4 Å². The maximum absolute atomic E-state index is 13.9. The van der Waals surface area contributed by atoms with Crippen molar-refractivity contribution in [3.63, 3.8) is 0 Å². The van der Waals surface area contributed by atoms with Gasteiger partial charge in [0.05, 0.1) is 12.2 Å². The second kappa shape index (κ2) is 7.37. The molecule has 0 unspecified atom stereocenters.